The van der Waals surface area contributed by atoms with Crippen LogP contribution in [0.3, 0.4) is 0 Å². The van der Waals surface area contributed by atoms with Gasteiger partial charge in [-0.25, -0.2) is 8.42 Å². The van der Waals surface area contributed by atoms with Gasteiger partial charge in [0.2, 0.25) is 21.8 Å². The molecule has 204 valence electrons. The van der Waals surface area contributed by atoms with Gasteiger partial charge in [0, 0.05) is 31.6 Å². The topological polar surface area (TPSA) is 105 Å². The summed E-state index contributed by atoms with van der Waals surface area (Å²) in [6, 6.07) is 13.4. The van der Waals surface area contributed by atoms with Crippen molar-refractivity contribution in [1.29, 1.82) is 0 Å². The molecule has 9 nitrogen and oxygen atoms in total. The Morgan fingerprint density at radius 2 is 1.62 bits per heavy atom. The smallest absolute Gasteiger partial charge is 0.243 e. The number of carbonyl (C=O) groups excluding carboxylic acids is 2. The molecule has 1 atom stereocenters. The van der Waals surface area contributed by atoms with Crippen molar-refractivity contribution in [3.05, 3.63) is 54.1 Å². The number of hydrogen-bond donors (Lipinski definition) is 1. The van der Waals surface area contributed by atoms with Gasteiger partial charge >= 0.3 is 0 Å². The van der Waals surface area contributed by atoms with Crippen molar-refractivity contribution < 1.29 is 27.5 Å². The third-order valence-electron chi connectivity index (χ3n) is 5.80. The fourth-order valence-corrected chi connectivity index (χ4v) is 4.99. The van der Waals surface area contributed by atoms with Crippen LogP contribution >= 0.6 is 0 Å². The van der Waals surface area contributed by atoms with Crippen LogP contribution < -0.4 is 19.1 Å². The van der Waals surface area contributed by atoms with Gasteiger partial charge in [-0.3, -0.25) is 13.9 Å². The van der Waals surface area contributed by atoms with E-state index < -0.39 is 16.1 Å². The number of sulfonamides is 1. The fraction of sp³-hybridized carbons (Fsp3) is 0.481. The minimum atomic E-state index is -3.59. The molecule has 0 aliphatic carbocycles. The molecule has 10 heteroatoms. The maximum absolute atomic E-state index is 13.5. The van der Waals surface area contributed by atoms with Crippen LogP contribution in [-0.2, 0) is 26.2 Å². The van der Waals surface area contributed by atoms with Gasteiger partial charge < -0.3 is 19.7 Å². The molecular weight excluding hydrogens is 494 g/mol. The lowest BCUT2D eigenvalue weighted by atomic mass is 10.1. The summed E-state index contributed by atoms with van der Waals surface area (Å²) in [4.78, 5) is 28.0. The van der Waals surface area contributed by atoms with E-state index in [9.17, 15) is 18.0 Å². The predicted octanol–water partition coefficient (Wildman–Crippen LogP) is 3.58. The Morgan fingerprint density at radius 3 is 2.19 bits per heavy atom. The molecule has 0 radical (unpaired) electrons. The van der Waals surface area contributed by atoms with Gasteiger partial charge in [-0.1, -0.05) is 25.1 Å². The van der Waals surface area contributed by atoms with Crippen LogP contribution in [0, 0.1) is 0 Å². The Kier molecular flexibility index (Phi) is 11.2. The first kappa shape index (κ1) is 30.0. The molecule has 0 unspecified atom stereocenters. The van der Waals surface area contributed by atoms with E-state index in [0.29, 0.717) is 23.6 Å². The molecule has 37 heavy (non-hydrogen) atoms. The molecule has 2 aromatic carbocycles. The van der Waals surface area contributed by atoms with E-state index in [-0.39, 0.29) is 43.8 Å². The molecule has 2 amide bonds. The summed E-state index contributed by atoms with van der Waals surface area (Å²) in [6.07, 6.45) is 1.92. The summed E-state index contributed by atoms with van der Waals surface area (Å²) in [5.74, 6) is 0.746. The summed E-state index contributed by atoms with van der Waals surface area (Å²) in [6.45, 7) is 5.95. The van der Waals surface area contributed by atoms with E-state index in [1.54, 1.807) is 36.3 Å². The number of benzene rings is 2. The standard InChI is InChI=1S/C27H39N3O6S/c1-7-25(27(32)28-20(2)3)29(19-21-11-8-13-23(17-21)35-4)26(31)15-10-16-30(37(6,33)34)22-12-9-14-24(18-22)36-5/h8-9,11-14,17-18,20,25H,7,10,15-16,19H2,1-6H3,(H,28,32)/t25-/m0/s1. The molecule has 0 bridgehead atoms. The fourth-order valence-electron chi connectivity index (χ4n) is 4.04. The number of amides is 2. The van der Waals surface area contributed by atoms with E-state index in [1.165, 1.54) is 11.4 Å². The Bertz CT molecular complexity index is 1150. The van der Waals surface area contributed by atoms with Gasteiger partial charge in [-0.2, -0.15) is 0 Å². The number of anilines is 1. The van der Waals surface area contributed by atoms with E-state index in [2.05, 4.69) is 5.32 Å². The number of methoxy groups -OCH3 is 2. The number of rotatable bonds is 14. The molecule has 0 saturated heterocycles. The summed E-state index contributed by atoms with van der Waals surface area (Å²) in [5.41, 5.74) is 1.29. The van der Waals surface area contributed by atoms with Gasteiger partial charge in [0.1, 0.15) is 17.5 Å². The van der Waals surface area contributed by atoms with Crippen molar-refractivity contribution >= 4 is 27.5 Å². The quantitative estimate of drug-likeness (QED) is 0.398. The normalized spacial score (nSPS) is 12.1. The zero-order chi connectivity index (χ0) is 27.6. The third-order valence-corrected chi connectivity index (χ3v) is 6.99. The molecule has 2 aromatic rings. The zero-order valence-corrected chi connectivity index (χ0v) is 23.4. The first-order valence-corrected chi connectivity index (χ1v) is 14.2. The SMILES string of the molecule is CC[C@@H](C(=O)NC(C)C)N(Cc1cccc(OC)c1)C(=O)CCCN(c1cccc(OC)c1)S(C)(=O)=O. The van der Waals surface area contributed by atoms with E-state index in [4.69, 9.17) is 9.47 Å². The van der Waals surface area contributed by atoms with E-state index in [0.717, 1.165) is 11.8 Å². The molecule has 0 heterocycles. The lowest BCUT2D eigenvalue weighted by Gasteiger charge is -2.31. The monoisotopic (exact) mass is 533 g/mol. The van der Waals surface area contributed by atoms with Crippen molar-refractivity contribution in [1.82, 2.24) is 10.2 Å². The summed E-state index contributed by atoms with van der Waals surface area (Å²) < 4.78 is 36.8. The van der Waals surface area contributed by atoms with Crippen molar-refractivity contribution in [3.8, 4) is 11.5 Å². The minimum Gasteiger partial charge on any atom is -0.497 e. The lowest BCUT2D eigenvalue weighted by molar-refractivity contribution is -0.141. The highest BCUT2D eigenvalue weighted by Crippen LogP contribution is 2.24. The average Bonchev–Trinajstić information content (AvgIpc) is 2.85. The summed E-state index contributed by atoms with van der Waals surface area (Å²) in [7, 11) is -0.505. The second kappa shape index (κ2) is 13.9. The van der Waals surface area contributed by atoms with Crippen LogP contribution in [0.5, 0.6) is 11.5 Å². The molecule has 0 aliphatic heterocycles. The van der Waals surface area contributed by atoms with Crippen molar-refractivity contribution in [3.63, 3.8) is 0 Å². The van der Waals surface area contributed by atoms with Crippen molar-refractivity contribution in [2.75, 3.05) is 31.3 Å². The van der Waals surface area contributed by atoms with Crippen LogP contribution in [-0.4, -0.2) is 64.2 Å². The van der Waals surface area contributed by atoms with Gasteiger partial charge in [0.15, 0.2) is 0 Å². The van der Waals surface area contributed by atoms with Crippen molar-refractivity contribution in [2.45, 2.75) is 58.7 Å². The van der Waals surface area contributed by atoms with Gasteiger partial charge in [-0.15, -0.1) is 0 Å². The molecular formula is C27H39N3O6S. The number of hydrogen-bond acceptors (Lipinski definition) is 6. The molecule has 0 spiro atoms. The number of nitrogens with one attached hydrogen (secondary N) is 1. The van der Waals surface area contributed by atoms with Crippen LogP contribution in [0.1, 0.15) is 45.6 Å². The maximum atomic E-state index is 13.5. The summed E-state index contributed by atoms with van der Waals surface area (Å²) in [5, 5.41) is 2.91. The Hall–Kier alpha value is -3.27. The zero-order valence-electron chi connectivity index (χ0n) is 22.6. The van der Waals surface area contributed by atoms with Crippen LogP contribution in [0.25, 0.3) is 0 Å². The highest BCUT2D eigenvalue weighted by molar-refractivity contribution is 7.92. The number of nitrogens with zero attached hydrogens (tertiary/aromatic N) is 2. The van der Waals surface area contributed by atoms with Gasteiger partial charge in [0.25, 0.3) is 0 Å². The minimum absolute atomic E-state index is 0.0681. The first-order valence-electron chi connectivity index (χ1n) is 12.3. The molecule has 2 rings (SSSR count). The maximum Gasteiger partial charge on any atom is 0.243 e. The van der Waals surface area contributed by atoms with Crippen LogP contribution in [0.4, 0.5) is 5.69 Å². The lowest BCUT2D eigenvalue weighted by Crippen LogP contribution is -2.50. The van der Waals surface area contributed by atoms with Gasteiger partial charge in [-0.05, 0) is 56.5 Å². The average molecular weight is 534 g/mol. The molecule has 0 fully saturated rings. The van der Waals surface area contributed by atoms with Crippen molar-refractivity contribution in [2.24, 2.45) is 0 Å². The number of carbonyl (C=O) groups is 2. The van der Waals surface area contributed by atoms with E-state index in [1.807, 2.05) is 45.0 Å². The Labute approximate surface area is 220 Å². The largest absolute Gasteiger partial charge is 0.497 e. The van der Waals surface area contributed by atoms with E-state index >= 15 is 0 Å². The third kappa shape index (κ3) is 8.96. The highest BCUT2D eigenvalue weighted by atomic mass is 32.2. The Balaban J connectivity index is 2.25. The molecule has 1 N–H and O–H groups in total. The molecule has 0 aliphatic rings. The highest BCUT2D eigenvalue weighted by Gasteiger charge is 2.29. The van der Waals surface area contributed by atoms with Crippen LogP contribution in [0.15, 0.2) is 48.5 Å². The first-order chi connectivity index (χ1) is 17.5. The predicted molar refractivity (Wildman–Crippen MR) is 145 cm³/mol. The van der Waals surface area contributed by atoms with Crippen LogP contribution in [0.2, 0.25) is 0 Å². The molecule has 0 saturated carbocycles. The van der Waals surface area contributed by atoms with Gasteiger partial charge in [0.05, 0.1) is 26.2 Å². The molecule has 0 aromatic heterocycles. The second-order valence-electron chi connectivity index (χ2n) is 9.10. The second-order valence-corrected chi connectivity index (χ2v) is 11.0. The Morgan fingerprint density at radius 1 is 1.00 bits per heavy atom. The number of ether oxygens (including phenoxy) is 2. The summed E-state index contributed by atoms with van der Waals surface area (Å²) >= 11 is 0.